The molecule has 0 saturated carbocycles. The normalized spacial score (nSPS) is 14.5. The summed E-state index contributed by atoms with van der Waals surface area (Å²) in [7, 11) is 0. The van der Waals surface area contributed by atoms with Gasteiger partial charge in [0.1, 0.15) is 11.6 Å². The van der Waals surface area contributed by atoms with Crippen LogP contribution in [0.5, 0.6) is 0 Å². The van der Waals surface area contributed by atoms with E-state index in [-0.39, 0.29) is 5.82 Å². The van der Waals surface area contributed by atoms with Crippen LogP contribution in [0, 0.1) is 5.82 Å². The SMILES string of the molecule is Fc1cccc(Cc2nc(-c3ccc(-c4cccc(CN5CCSCC5)c4)cc3)n[nH]2)c1. The van der Waals surface area contributed by atoms with Gasteiger partial charge in [-0.1, -0.05) is 54.6 Å². The van der Waals surface area contributed by atoms with Crippen molar-refractivity contribution in [3.8, 4) is 22.5 Å². The standard InChI is InChI=1S/C26H25FN4S/c27-24-6-2-3-19(16-24)17-25-28-26(30-29-25)22-9-7-21(8-10-22)23-5-1-4-20(15-23)18-31-11-13-32-14-12-31/h1-10,15-16H,11-14,17-18H2,(H,28,29,30). The van der Waals surface area contributed by atoms with Crippen molar-refractivity contribution in [2.24, 2.45) is 0 Å². The molecule has 0 unspecified atom stereocenters. The Bertz CT molecular complexity index is 1180. The minimum absolute atomic E-state index is 0.239. The molecule has 32 heavy (non-hydrogen) atoms. The molecule has 0 radical (unpaired) electrons. The van der Waals surface area contributed by atoms with E-state index in [1.54, 1.807) is 6.07 Å². The van der Waals surface area contributed by atoms with Crippen LogP contribution < -0.4 is 0 Å². The van der Waals surface area contributed by atoms with Gasteiger partial charge in [-0.25, -0.2) is 9.37 Å². The van der Waals surface area contributed by atoms with Crippen molar-refractivity contribution >= 4 is 11.8 Å². The topological polar surface area (TPSA) is 44.8 Å². The minimum atomic E-state index is -0.239. The first kappa shape index (κ1) is 20.9. The Morgan fingerprint density at radius 3 is 2.41 bits per heavy atom. The maximum absolute atomic E-state index is 13.4. The number of nitrogens with one attached hydrogen (secondary N) is 1. The molecule has 1 saturated heterocycles. The molecule has 0 atom stereocenters. The number of hydrogen-bond donors (Lipinski definition) is 1. The molecule has 5 rings (SSSR count). The lowest BCUT2D eigenvalue weighted by Gasteiger charge is -2.26. The van der Waals surface area contributed by atoms with Crippen molar-refractivity contribution in [3.63, 3.8) is 0 Å². The first-order valence-electron chi connectivity index (χ1n) is 10.9. The molecule has 4 nitrogen and oxygen atoms in total. The summed E-state index contributed by atoms with van der Waals surface area (Å²) < 4.78 is 13.4. The van der Waals surface area contributed by atoms with Gasteiger partial charge in [-0.15, -0.1) is 0 Å². The van der Waals surface area contributed by atoms with E-state index >= 15 is 0 Å². The molecule has 1 N–H and O–H groups in total. The molecule has 1 fully saturated rings. The fourth-order valence-corrected chi connectivity index (χ4v) is 5.00. The van der Waals surface area contributed by atoms with Crippen molar-refractivity contribution in [1.82, 2.24) is 20.1 Å². The molecule has 1 aliphatic rings. The van der Waals surface area contributed by atoms with E-state index in [0.717, 1.165) is 23.5 Å². The van der Waals surface area contributed by atoms with Crippen LogP contribution >= 0.6 is 11.8 Å². The zero-order chi connectivity index (χ0) is 21.8. The Morgan fingerprint density at radius 1 is 0.844 bits per heavy atom. The highest BCUT2D eigenvalue weighted by molar-refractivity contribution is 7.99. The van der Waals surface area contributed by atoms with E-state index in [9.17, 15) is 4.39 Å². The first-order chi connectivity index (χ1) is 15.7. The second-order valence-corrected chi connectivity index (χ2v) is 9.30. The van der Waals surface area contributed by atoms with E-state index in [1.807, 2.05) is 17.8 Å². The monoisotopic (exact) mass is 444 g/mol. The Hall–Kier alpha value is -2.96. The summed E-state index contributed by atoms with van der Waals surface area (Å²) in [6.07, 6.45) is 0.519. The zero-order valence-corrected chi connectivity index (χ0v) is 18.6. The molecule has 2 heterocycles. The van der Waals surface area contributed by atoms with Crippen LogP contribution in [0.4, 0.5) is 4.39 Å². The summed E-state index contributed by atoms with van der Waals surface area (Å²) in [5.74, 6) is 3.59. The number of hydrogen-bond acceptors (Lipinski definition) is 4. The van der Waals surface area contributed by atoms with Crippen LogP contribution in [0.3, 0.4) is 0 Å². The van der Waals surface area contributed by atoms with Crippen LogP contribution in [-0.4, -0.2) is 44.7 Å². The van der Waals surface area contributed by atoms with Crippen LogP contribution in [-0.2, 0) is 13.0 Å². The van der Waals surface area contributed by atoms with Gasteiger partial charge in [0, 0.05) is 43.1 Å². The van der Waals surface area contributed by atoms with Gasteiger partial charge in [0.2, 0.25) is 0 Å². The third-order valence-electron chi connectivity index (χ3n) is 5.71. The second-order valence-electron chi connectivity index (χ2n) is 8.08. The lowest BCUT2D eigenvalue weighted by Crippen LogP contribution is -2.31. The van der Waals surface area contributed by atoms with Crippen molar-refractivity contribution in [2.45, 2.75) is 13.0 Å². The predicted molar refractivity (Wildman–Crippen MR) is 129 cm³/mol. The summed E-state index contributed by atoms with van der Waals surface area (Å²) in [6.45, 7) is 3.35. The van der Waals surface area contributed by atoms with Gasteiger partial charge in [-0.3, -0.25) is 10.00 Å². The molecule has 6 heteroatoms. The quantitative estimate of drug-likeness (QED) is 0.431. The summed E-state index contributed by atoms with van der Waals surface area (Å²) in [5, 5.41) is 7.32. The maximum atomic E-state index is 13.4. The molecular formula is C26H25FN4S. The van der Waals surface area contributed by atoms with Crippen LogP contribution in [0.15, 0.2) is 72.8 Å². The first-order valence-corrected chi connectivity index (χ1v) is 12.0. The minimum Gasteiger partial charge on any atom is -0.297 e. The average Bonchev–Trinajstić information content (AvgIpc) is 3.28. The maximum Gasteiger partial charge on any atom is 0.181 e. The number of aromatic amines is 1. The summed E-state index contributed by atoms with van der Waals surface area (Å²) in [4.78, 5) is 7.12. The molecule has 162 valence electrons. The Labute approximate surface area is 191 Å². The Kier molecular flexibility index (Phi) is 6.32. The average molecular weight is 445 g/mol. The van der Waals surface area contributed by atoms with Crippen molar-refractivity contribution < 1.29 is 4.39 Å². The molecule has 0 spiro atoms. The highest BCUT2D eigenvalue weighted by Gasteiger charge is 2.12. The predicted octanol–water partition coefficient (Wildman–Crippen LogP) is 5.42. The summed E-state index contributed by atoms with van der Waals surface area (Å²) in [5.41, 5.74) is 5.58. The van der Waals surface area contributed by atoms with Crippen molar-refractivity contribution in [1.29, 1.82) is 0 Å². The Balaban J connectivity index is 1.28. The molecule has 1 aromatic heterocycles. The number of nitrogens with zero attached hydrogens (tertiary/aromatic N) is 3. The molecule has 0 bridgehead atoms. The van der Waals surface area contributed by atoms with E-state index in [1.165, 1.54) is 53.4 Å². The van der Waals surface area contributed by atoms with Crippen LogP contribution in [0.25, 0.3) is 22.5 Å². The number of H-pyrrole nitrogens is 1. The van der Waals surface area contributed by atoms with Gasteiger partial charge < -0.3 is 0 Å². The summed E-state index contributed by atoms with van der Waals surface area (Å²) in [6, 6.07) is 23.7. The zero-order valence-electron chi connectivity index (χ0n) is 17.8. The van der Waals surface area contributed by atoms with E-state index in [0.29, 0.717) is 12.2 Å². The number of rotatable bonds is 6. The molecule has 1 aliphatic heterocycles. The highest BCUT2D eigenvalue weighted by atomic mass is 32.2. The van der Waals surface area contributed by atoms with E-state index in [4.69, 9.17) is 0 Å². The van der Waals surface area contributed by atoms with Gasteiger partial charge >= 0.3 is 0 Å². The van der Waals surface area contributed by atoms with Gasteiger partial charge in [0.05, 0.1) is 0 Å². The van der Waals surface area contributed by atoms with E-state index in [2.05, 4.69) is 68.6 Å². The van der Waals surface area contributed by atoms with Gasteiger partial charge in [-0.2, -0.15) is 16.9 Å². The lowest BCUT2D eigenvalue weighted by molar-refractivity contribution is 0.294. The van der Waals surface area contributed by atoms with E-state index < -0.39 is 0 Å². The molecule has 3 aromatic carbocycles. The molecular weight excluding hydrogens is 419 g/mol. The number of thioether (sulfide) groups is 1. The smallest absolute Gasteiger partial charge is 0.181 e. The second kappa shape index (κ2) is 9.67. The van der Waals surface area contributed by atoms with Gasteiger partial charge in [-0.05, 0) is 40.5 Å². The van der Waals surface area contributed by atoms with Gasteiger partial charge in [0.25, 0.3) is 0 Å². The number of benzene rings is 3. The molecule has 4 aromatic rings. The van der Waals surface area contributed by atoms with Crippen LogP contribution in [0.1, 0.15) is 17.0 Å². The fraction of sp³-hybridized carbons (Fsp3) is 0.231. The summed E-state index contributed by atoms with van der Waals surface area (Å²) >= 11 is 2.04. The van der Waals surface area contributed by atoms with Crippen molar-refractivity contribution in [3.05, 3.63) is 95.6 Å². The molecule has 0 amide bonds. The highest BCUT2D eigenvalue weighted by Crippen LogP contribution is 2.25. The Morgan fingerprint density at radius 2 is 1.59 bits per heavy atom. The third kappa shape index (κ3) is 5.09. The lowest BCUT2D eigenvalue weighted by atomic mass is 10.0. The van der Waals surface area contributed by atoms with Crippen molar-refractivity contribution in [2.75, 3.05) is 24.6 Å². The van der Waals surface area contributed by atoms with Gasteiger partial charge in [0.15, 0.2) is 5.82 Å². The third-order valence-corrected chi connectivity index (χ3v) is 6.65. The molecule has 0 aliphatic carbocycles. The van der Waals surface area contributed by atoms with Crippen LogP contribution in [0.2, 0.25) is 0 Å². The largest absolute Gasteiger partial charge is 0.297 e. The fourth-order valence-electron chi connectivity index (χ4n) is 4.02. The number of aromatic nitrogens is 3. The number of halogens is 1.